The molecule has 0 spiro atoms. The fourth-order valence-electron chi connectivity index (χ4n) is 5.54. The molecule has 40 heavy (non-hydrogen) atoms. The van der Waals surface area contributed by atoms with Crippen molar-refractivity contribution in [3.05, 3.63) is 75.1 Å². The maximum Gasteiger partial charge on any atom is 0.331 e. The number of ether oxygens (including phenoxy) is 1. The number of rotatable bonds is 12. The summed E-state index contributed by atoms with van der Waals surface area (Å²) < 4.78 is 6.39. The Morgan fingerprint density at radius 3 is 2.65 bits per heavy atom. The number of carbonyl (C=O) groups excluding carboxylic acids is 2. The van der Waals surface area contributed by atoms with Crippen molar-refractivity contribution in [2.45, 2.75) is 70.6 Å². The standard InChI is InChI=1S/C29H37N5O6/c1-19(2)18-29(27(30)37,34-26(36)21-13-9-16-31-24(21)32-28(34)38)22(14-8-12-20-10-4-3-5-11-20)25(35)33-40-23-15-6-7-17-39-23/h3-5,9-11,13,16,19,22-23H,6-8,12,14-15,17-18H2,1-2H3,(H2,30,37)(H,33,35)(H,31,32,38)/t22-,23?,29-/m1/s1. The number of aryl methyl sites for hydroxylation is 1. The Balaban J connectivity index is 1.80. The summed E-state index contributed by atoms with van der Waals surface area (Å²) in [5.74, 6) is -3.02. The number of hydroxylamine groups is 1. The number of pyridine rings is 1. The number of aromatic amines is 1. The highest BCUT2D eigenvalue weighted by atomic mass is 16.8. The summed E-state index contributed by atoms with van der Waals surface area (Å²) in [6.45, 7) is 4.19. The van der Waals surface area contributed by atoms with Gasteiger partial charge in [0.05, 0.1) is 11.3 Å². The first-order chi connectivity index (χ1) is 19.2. The van der Waals surface area contributed by atoms with Crippen molar-refractivity contribution >= 4 is 22.8 Å². The van der Waals surface area contributed by atoms with E-state index in [4.69, 9.17) is 15.3 Å². The average Bonchev–Trinajstić information content (AvgIpc) is 2.94. The number of H-pyrrole nitrogens is 1. The third-order valence-electron chi connectivity index (χ3n) is 7.34. The number of fused-ring (bicyclic) bond motifs is 1. The highest BCUT2D eigenvalue weighted by molar-refractivity contribution is 5.91. The lowest BCUT2D eigenvalue weighted by atomic mass is 9.73. The maximum atomic E-state index is 13.9. The van der Waals surface area contributed by atoms with E-state index >= 15 is 0 Å². The first-order valence-electron chi connectivity index (χ1n) is 13.8. The summed E-state index contributed by atoms with van der Waals surface area (Å²) in [6, 6.07) is 12.8. The van der Waals surface area contributed by atoms with Crippen LogP contribution in [-0.2, 0) is 31.1 Å². The van der Waals surface area contributed by atoms with Crippen LogP contribution in [0.3, 0.4) is 0 Å². The summed E-state index contributed by atoms with van der Waals surface area (Å²) >= 11 is 0. The molecular formula is C29H37N5O6. The maximum absolute atomic E-state index is 13.9. The molecule has 0 bridgehead atoms. The average molecular weight is 552 g/mol. The van der Waals surface area contributed by atoms with E-state index in [0.29, 0.717) is 25.9 Å². The van der Waals surface area contributed by atoms with Crippen LogP contribution in [0.4, 0.5) is 0 Å². The minimum atomic E-state index is -1.99. The molecule has 1 saturated heterocycles. The monoisotopic (exact) mass is 551 g/mol. The molecule has 4 N–H and O–H groups in total. The van der Waals surface area contributed by atoms with Gasteiger partial charge in [0.25, 0.3) is 5.56 Å². The first-order valence-corrected chi connectivity index (χ1v) is 13.8. The lowest BCUT2D eigenvalue weighted by Gasteiger charge is -2.39. The van der Waals surface area contributed by atoms with E-state index in [-0.39, 0.29) is 29.8 Å². The highest BCUT2D eigenvalue weighted by Gasteiger charge is 2.52. The molecule has 4 rings (SSSR count). The Morgan fingerprint density at radius 1 is 1.20 bits per heavy atom. The van der Waals surface area contributed by atoms with E-state index in [2.05, 4.69) is 15.4 Å². The number of amides is 2. The molecule has 0 radical (unpaired) electrons. The Labute approximate surface area is 232 Å². The predicted octanol–water partition coefficient (Wildman–Crippen LogP) is 2.53. The second kappa shape index (κ2) is 13.0. The Hall–Kier alpha value is -3.83. The quantitative estimate of drug-likeness (QED) is 0.292. The predicted molar refractivity (Wildman–Crippen MR) is 149 cm³/mol. The van der Waals surface area contributed by atoms with Crippen LogP contribution >= 0.6 is 0 Å². The van der Waals surface area contributed by atoms with Gasteiger partial charge in [-0.1, -0.05) is 44.2 Å². The molecule has 2 amide bonds. The highest BCUT2D eigenvalue weighted by Crippen LogP contribution is 2.36. The van der Waals surface area contributed by atoms with Crippen LogP contribution in [0.5, 0.6) is 0 Å². The van der Waals surface area contributed by atoms with Gasteiger partial charge in [-0.3, -0.25) is 19.4 Å². The third kappa shape index (κ3) is 6.31. The number of carbonyl (C=O) groups is 2. The van der Waals surface area contributed by atoms with E-state index in [9.17, 15) is 19.2 Å². The minimum absolute atomic E-state index is 0.0273. The number of nitrogens with one attached hydrogen (secondary N) is 2. The Bertz CT molecular complexity index is 1430. The van der Waals surface area contributed by atoms with Gasteiger partial charge in [-0.15, -0.1) is 0 Å². The molecule has 1 aromatic carbocycles. The molecule has 11 nitrogen and oxygen atoms in total. The molecule has 1 aliphatic heterocycles. The van der Waals surface area contributed by atoms with Crippen LogP contribution in [0.25, 0.3) is 11.0 Å². The summed E-state index contributed by atoms with van der Waals surface area (Å²) in [5, 5.41) is 0.104. The molecule has 3 aromatic rings. The number of benzene rings is 1. The zero-order chi connectivity index (χ0) is 28.7. The van der Waals surface area contributed by atoms with Crippen molar-refractivity contribution in [1.82, 2.24) is 20.0 Å². The second-order valence-corrected chi connectivity index (χ2v) is 10.7. The summed E-state index contributed by atoms with van der Waals surface area (Å²) in [5.41, 5.74) is 6.08. The van der Waals surface area contributed by atoms with Crippen molar-refractivity contribution in [3.8, 4) is 0 Å². The minimum Gasteiger partial charge on any atom is -0.368 e. The smallest absolute Gasteiger partial charge is 0.331 e. The van der Waals surface area contributed by atoms with Crippen molar-refractivity contribution < 1.29 is 19.2 Å². The number of aromatic nitrogens is 3. The van der Waals surface area contributed by atoms with E-state index in [0.717, 1.165) is 23.0 Å². The van der Waals surface area contributed by atoms with Gasteiger partial charge in [-0.05, 0) is 62.1 Å². The van der Waals surface area contributed by atoms with Gasteiger partial charge in [0.15, 0.2) is 6.29 Å². The zero-order valence-electron chi connectivity index (χ0n) is 22.9. The fourth-order valence-corrected chi connectivity index (χ4v) is 5.54. The van der Waals surface area contributed by atoms with Gasteiger partial charge < -0.3 is 10.5 Å². The van der Waals surface area contributed by atoms with Gasteiger partial charge in [0.2, 0.25) is 11.8 Å². The van der Waals surface area contributed by atoms with E-state index in [1.165, 1.54) is 12.3 Å². The molecule has 2 aromatic heterocycles. The molecular weight excluding hydrogens is 514 g/mol. The number of hydrogen-bond donors (Lipinski definition) is 3. The van der Waals surface area contributed by atoms with Gasteiger partial charge in [-0.2, -0.15) is 0 Å². The van der Waals surface area contributed by atoms with Gasteiger partial charge in [-0.25, -0.2) is 24.7 Å². The van der Waals surface area contributed by atoms with Gasteiger partial charge in [0.1, 0.15) is 11.2 Å². The topological polar surface area (TPSA) is 158 Å². The lowest BCUT2D eigenvalue weighted by molar-refractivity contribution is -0.204. The Morgan fingerprint density at radius 2 is 1.98 bits per heavy atom. The van der Waals surface area contributed by atoms with Crippen LogP contribution in [0, 0.1) is 11.8 Å². The molecule has 214 valence electrons. The van der Waals surface area contributed by atoms with Crippen LogP contribution < -0.4 is 22.5 Å². The molecule has 1 aliphatic rings. The summed E-state index contributed by atoms with van der Waals surface area (Å²) in [6.07, 6.45) is 4.42. The first kappa shape index (κ1) is 29.2. The molecule has 11 heteroatoms. The number of hydrogen-bond acceptors (Lipinski definition) is 7. The SMILES string of the molecule is CC(C)C[C@](C(N)=O)([C@H](CCCc1ccccc1)C(=O)NOC1CCCCO1)n1c(=O)[nH]c2ncccc2c1=O. The van der Waals surface area contributed by atoms with Crippen LogP contribution in [-0.4, -0.2) is 39.2 Å². The van der Waals surface area contributed by atoms with Crippen molar-refractivity contribution in [3.63, 3.8) is 0 Å². The van der Waals surface area contributed by atoms with Crippen LogP contribution in [0.2, 0.25) is 0 Å². The Kier molecular flexibility index (Phi) is 9.49. The van der Waals surface area contributed by atoms with Crippen LogP contribution in [0.15, 0.2) is 58.3 Å². The largest absolute Gasteiger partial charge is 0.368 e. The zero-order valence-corrected chi connectivity index (χ0v) is 22.9. The van der Waals surface area contributed by atoms with Gasteiger partial charge >= 0.3 is 5.69 Å². The number of nitrogens with zero attached hydrogens (tertiary/aromatic N) is 2. The fraction of sp³-hybridized carbons (Fsp3) is 0.483. The summed E-state index contributed by atoms with van der Waals surface area (Å²) in [7, 11) is 0. The van der Waals surface area contributed by atoms with Crippen LogP contribution in [0.1, 0.15) is 57.9 Å². The second-order valence-electron chi connectivity index (χ2n) is 10.7. The molecule has 0 saturated carbocycles. The van der Waals surface area contributed by atoms with E-state index in [1.54, 1.807) is 6.07 Å². The van der Waals surface area contributed by atoms with E-state index in [1.807, 2.05) is 44.2 Å². The molecule has 1 unspecified atom stereocenters. The molecule has 3 heterocycles. The molecule has 1 fully saturated rings. The summed E-state index contributed by atoms with van der Waals surface area (Å²) in [4.78, 5) is 67.0. The van der Waals surface area contributed by atoms with Crippen molar-refractivity contribution in [2.24, 2.45) is 17.6 Å². The normalized spacial score (nSPS) is 17.8. The van der Waals surface area contributed by atoms with Crippen molar-refractivity contribution in [2.75, 3.05) is 6.61 Å². The number of primary amides is 1. The van der Waals surface area contributed by atoms with Crippen molar-refractivity contribution in [1.29, 1.82) is 0 Å². The van der Waals surface area contributed by atoms with E-state index < -0.39 is 40.8 Å². The lowest BCUT2D eigenvalue weighted by Crippen LogP contribution is -2.63. The number of nitrogens with two attached hydrogens (primary N) is 1. The third-order valence-corrected chi connectivity index (χ3v) is 7.34. The molecule has 3 atom stereocenters. The molecule has 0 aliphatic carbocycles. The van der Waals surface area contributed by atoms with Gasteiger partial charge in [0, 0.05) is 19.2 Å².